The molecule has 0 spiro atoms. The van der Waals surface area contributed by atoms with Crippen LogP contribution in [0.25, 0.3) is 0 Å². The van der Waals surface area contributed by atoms with Crippen molar-refractivity contribution in [2.75, 3.05) is 0 Å². The lowest BCUT2D eigenvalue weighted by Gasteiger charge is -2.08. The Labute approximate surface area is 96.4 Å². The number of nitrogens with zero attached hydrogens (tertiary/aromatic N) is 1. The molecule has 0 fully saturated rings. The molecule has 1 nitrogen and oxygen atoms in total. The molecule has 1 atom stereocenters. The maximum Gasteiger partial charge on any atom is 0.111 e. The summed E-state index contributed by atoms with van der Waals surface area (Å²) in [6.45, 7) is 4.36. The second-order valence-electron chi connectivity index (χ2n) is 2.78. The van der Waals surface area contributed by atoms with Crippen LogP contribution in [0.4, 0.5) is 0 Å². The maximum absolute atomic E-state index is 5.79. The lowest BCUT2D eigenvalue weighted by atomic mass is 10.4. The lowest BCUT2D eigenvalue weighted by molar-refractivity contribution is 0.900. The van der Waals surface area contributed by atoms with Crippen LogP contribution in [0.1, 0.15) is 20.3 Å². The van der Waals surface area contributed by atoms with E-state index in [9.17, 15) is 0 Å². The first-order valence-electron chi connectivity index (χ1n) is 4.11. The van der Waals surface area contributed by atoms with Gasteiger partial charge in [0.15, 0.2) is 0 Å². The molecule has 0 bridgehead atoms. The predicted molar refractivity (Wildman–Crippen MR) is 62.6 cm³/mol. The van der Waals surface area contributed by atoms with Crippen LogP contribution in [0, 0.1) is 0 Å². The molecule has 4 heteroatoms. The molecule has 0 aliphatic rings. The summed E-state index contributed by atoms with van der Waals surface area (Å²) in [6, 6.07) is 1.87. The molecule has 1 heterocycles. The quantitative estimate of drug-likeness (QED) is 0.762. The third-order valence-corrected chi connectivity index (χ3v) is 4.02. The number of hydrogen-bond acceptors (Lipinski definition) is 2. The predicted octanol–water partition coefficient (Wildman–Crippen LogP) is 4.39. The van der Waals surface area contributed by atoms with Crippen molar-refractivity contribution < 1.29 is 0 Å². The van der Waals surface area contributed by atoms with E-state index in [0.717, 1.165) is 15.9 Å². The monoisotopic (exact) mass is 279 g/mol. The van der Waals surface area contributed by atoms with Crippen LogP contribution < -0.4 is 0 Å². The van der Waals surface area contributed by atoms with Crippen LogP contribution >= 0.6 is 39.3 Å². The van der Waals surface area contributed by atoms with Gasteiger partial charge in [-0.2, -0.15) is 0 Å². The molecule has 0 aromatic carbocycles. The van der Waals surface area contributed by atoms with Crippen molar-refractivity contribution in [3.63, 3.8) is 0 Å². The van der Waals surface area contributed by atoms with Gasteiger partial charge in [0, 0.05) is 11.4 Å². The first-order valence-corrected chi connectivity index (χ1v) is 6.16. The zero-order valence-electron chi connectivity index (χ0n) is 7.55. The summed E-state index contributed by atoms with van der Waals surface area (Å²) in [5.41, 5.74) is 0. The number of aromatic nitrogens is 1. The van der Waals surface area contributed by atoms with Crippen LogP contribution in [0.15, 0.2) is 21.8 Å². The molecule has 1 unspecified atom stereocenters. The van der Waals surface area contributed by atoms with Gasteiger partial charge in [-0.25, -0.2) is 4.98 Å². The van der Waals surface area contributed by atoms with E-state index in [4.69, 9.17) is 11.6 Å². The lowest BCUT2D eigenvalue weighted by Crippen LogP contribution is -1.94. The number of halogens is 2. The highest BCUT2D eigenvalue weighted by molar-refractivity contribution is 9.10. The van der Waals surface area contributed by atoms with Crippen LogP contribution in [-0.4, -0.2) is 10.2 Å². The molecule has 1 aromatic heterocycles. The van der Waals surface area contributed by atoms with Crippen LogP contribution in [-0.2, 0) is 0 Å². The van der Waals surface area contributed by atoms with Crippen molar-refractivity contribution in [2.45, 2.75) is 30.5 Å². The fourth-order valence-electron chi connectivity index (χ4n) is 0.763. The topological polar surface area (TPSA) is 12.9 Å². The van der Waals surface area contributed by atoms with Gasteiger partial charge in [-0.3, -0.25) is 0 Å². The molecule has 0 saturated heterocycles. The summed E-state index contributed by atoms with van der Waals surface area (Å²) in [4.78, 5) is 4.25. The molecule has 13 heavy (non-hydrogen) atoms. The average molecular weight is 281 g/mol. The first kappa shape index (κ1) is 11.3. The molecule has 0 saturated carbocycles. The third-order valence-electron chi connectivity index (χ3n) is 1.66. The Bertz CT molecular complexity index is 293. The standard InChI is InChI=1S/C9H11BrClNS/c1-3-6(2)13-9-8(10)4-7(11)5-12-9/h4-6H,3H2,1-2H3. The van der Waals surface area contributed by atoms with Crippen molar-refractivity contribution in [3.8, 4) is 0 Å². The summed E-state index contributed by atoms with van der Waals surface area (Å²) >= 11 is 11.0. The Morgan fingerprint density at radius 2 is 2.38 bits per heavy atom. The average Bonchev–Trinajstić information content (AvgIpc) is 2.09. The van der Waals surface area contributed by atoms with Crippen molar-refractivity contribution in [3.05, 3.63) is 21.8 Å². The van der Waals surface area contributed by atoms with E-state index in [1.807, 2.05) is 6.07 Å². The summed E-state index contributed by atoms with van der Waals surface area (Å²) in [7, 11) is 0. The van der Waals surface area contributed by atoms with Crippen molar-refractivity contribution >= 4 is 39.3 Å². The van der Waals surface area contributed by atoms with Crippen molar-refractivity contribution in [2.24, 2.45) is 0 Å². The first-order chi connectivity index (χ1) is 6.13. The van der Waals surface area contributed by atoms with Crippen LogP contribution in [0.2, 0.25) is 5.02 Å². The van der Waals surface area contributed by atoms with Crippen molar-refractivity contribution in [1.29, 1.82) is 0 Å². The Kier molecular flexibility index (Phi) is 4.56. The van der Waals surface area contributed by atoms with Gasteiger partial charge < -0.3 is 0 Å². The molecular formula is C9H11BrClNS. The van der Waals surface area contributed by atoms with E-state index in [1.54, 1.807) is 18.0 Å². The van der Waals surface area contributed by atoms with Gasteiger partial charge in [-0.05, 0) is 28.4 Å². The number of thioether (sulfide) groups is 1. The van der Waals surface area contributed by atoms with Crippen LogP contribution in [0.3, 0.4) is 0 Å². The number of hydrogen-bond donors (Lipinski definition) is 0. The second kappa shape index (κ2) is 5.23. The molecule has 0 N–H and O–H groups in total. The Balaban J connectivity index is 2.77. The van der Waals surface area contributed by atoms with Gasteiger partial charge >= 0.3 is 0 Å². The minimum Gasteiger partial charge on any atom is -0.247 e. The van der Waals surface area contributed by atoms with Gasteiger partial charge in [0.05, 0.1) is 9.50 Å². The molecule has 0 aliphatic carbocycles. The van der Waals surface area contributed by atoms with Gasteiger partial charge in [-0.1, -0.05) is 25.4 Å². The van der Waals surface area contributed by atoms with E-state index in [1.165, 1.54) is 0 Å². The Hall–Kier alpha value is 0.270. The SMILES string of the molecule is CCC(C)Sc1ncc(Cl)cc1Br. The molecule has 0 amide bonds. The minimum absolute atomic E-state index is 0.588. The highest BCUT2D eigenvalue weighted by Crippen LogP contribution is 2.31. The number of pyridine rings is 1. The maximum atomic E-state index is 5.79. The fourth-order valence-corrected chi connectivity index (χ4v) is 2.51. The van der Waals surface area contributed by atoms with E-state index in [2.05, 4.69) is 34.8 Å². The van der Waals surface area contributed by atoms with Gasteiger partial charge in [0.1, 0.15) is 5.03 Å². The minimum atomic E-state index is 0.588. The fraction of sp³-hybridized carbons (Fsp3) is 0.444. The van der Waals surface area contributed by atoms with Crippen molar-refractivity contribution in [1.82, 2.24) is 4.98 Å². The molecular weight excluding hydrogens is 270 g/mol. The van der Waals surface area contributed by atoms with E-state index >= 15 is 0 Å². The zero-order chi connectivity index (χ0) is 9.84. The second-order valence-corrected chi connectivity index (χ2v) is 5.50. The summed E-state index contributed by atoms with van der Waals surface area (Å²) in [6.07, 6.45) is 2.82. The summed E-state index contributed by atoms with van der Waals surface area (Å²) < 4.78 is 0.977. The van der Waals surface area contributed by atoms with E-state index in [-0.39, 0.29) is 0 Å². The summed E-state index contributed by atoms with van der Waals surface area (Å²) in [5.74, 6) is 0. The highest BCUT2D eigenvalue weighted by atomic mass is 79.9. The normalized spacial score (nSPS) is 12.9. The third kappa shape index (κ3) is 3.49. The van der Waals surface area contributed by atoms with Gasteiger partial charge in [0.25, 0.3) is 0 Å². The Morgan fingerprint density at radius 3 is 2.92 bits per heavy atom. The van der Waals surface area contributed by atoms with E-state index in [0.29, 0.717) is 10.3 Å². The largest absolute Gasteiger partial charge is 0.247 e. The molecule has 0 radical (unpaired) electrons. The Morgan fingerprint density at radius 1 is 1.69 bits per heavy atom. The molecule has 72 valence electrons. The van der Waals surface area contributed by atoms with Gasteiger partial charge in [0.2, 0.25) is 0 Å². The van der Waals surface area contributed by atoms with E-state index < -0.39 is 0 Å². The highest BCUT2D eigenvalue weighted by Gasteiger charge is 2.07. The van der Waals surface area contributed by atoms with Gasteiger partial charge in [-0.15, -0.1) is 11.8 Å². The van der Waals surface area contributed by atoms with Crippen LogP contribution in [0.5, 0.6) is 0 Å². The molecule has 0 aliphatic heterocycles. The molecule has 1 rings (SSSR count). The number of rotatable bonds is 3. The molecule has 1 aromatic rings. The smallest absolute Gasteiger partial charge is 0.111 e. The zero-order valence-corrected chi connectivity index (χ0v) is 10.7. The summed E-state index contributed by atoms with van der Waals surface area (Å²) in [5, 5.41) is 2.27.